The van der Waals surface area contributed by atoms with Gasteiger partial charge in [0.15, 0.2) is 0 Å². The van der Waals surface area contributed by atoms with Crippen molar-refractivity contribution in [3.8, 4) is 0 Å². The Morgan fingerprint density at radius 1 is 1.19 bits per heavy atom. The normalized spacial score (nSPS) is 11.2. The monoisotopic (exact) mass is 321 g/mol. The lowest BCUT2D eigenvalue weighted by Crippen LogP contribution is -2.17. The van der Waals surface area contributed by atoms with E-state index in [9.17, 15) is 22.8 Å². The number of aryl methyl sites for hydroxylation is 1. The summed E-state index contributed by atoms with van der Waals surface area (Å²) in [4.78, 5) is 21.8. The maximum absolute atomic E-state index is 11.9. The second kappa shape index (κ2) is 7.92. The van der Waals surface area contributed by atoms with E-state index < -0.39 is 23.8 Å². The van der Waals surface area contributed by atoms with E-state index in [2.05, 4.69) is 5.32 Å². The number of hydrogen-bond acceptors (Lipinski definition) is 3. The zero-order chi connectivity index (χ0) is 15.9. The number of rotatable bonds is 7. The molecule has 0 saturated carbocycles. The number of amides is 1. The molecule has 116 valence electrons. The lowest BCUT2D eigenvalue weighted by molar-refractivity contribution is -0.137. The van der Waals surface area contributed by atoms with E-state index in [1.54, 1.807) is 24.3 Å². The van der Waals surface area contributed by atoms with Gasteiger partial charge in [0.05, 0.1) is 11.5 Å². The predicted molar refractivity (Wildman–Crippen MR) is 74.4 cm³/mol. The number of benzene rings is 1. The molecule has 21 heavy (non-hydrogen) atoms. The molecule has 0 fully saturated rings. The number of carboxylic acids is 1. The lowest BCUT2D eigenvalue weighted by Gasteiger charge is -2.07. The van der Waals surface area contributed by atoms with Crippen LogP contribution in [-0.2, 0) is 16.0 Å². The molecule has 1 aromatic carbocycles. The number of hydrogen-bond donors (Lipinski definition) is 2. The van der Waals surface area contributed by atoms with Crippen molar-refractivity contribution in [1.29, 1.82) is 0 Å². The fourth-order valence-electron chi connectivity index (χ4n) is 1.46. The minimum atomic E-state index is -4.28. The van der Waals surface area contributed by atoms with Crippen molar-refractivity contribution in [3.63, 3.8) is 0 Å². The molecule has 0 aromatic heterocycles. The van der Waals surface area contributed by atoms with Gasteiger partial charge in [0.25, 0.3) is 0 Å². The van der Waals surface area contributed by atoms with Crippen LogP contribution in [-0.4, -0.2) is 34.7 Å². The van der Waals surface area contributed by atoms with Gasteiger partial charge in [0.2, 0.25) is 5.91 Å². The SMILES string of the molecule is O=C(O)CCc1ccc(NC(=O)CSCC(F)(F)F)cc1. The maximum atomic E-state index is 11.9. The second-order valence-corrected chi connectivity index (χ2v) is 5.23. The fourth-order valence-corrected chi connectivity index (χ4v) is 2.05. The van der Waals surface area contributed by atoms with E-state index in [-0.39, 0.29) is 12.2 Å². The van der Waals surface area contributed by atoms with Gasteiger partial charge in [-0.25, -0.2) is 0 Å². The number of anilines is 1. The highest BCUT2D eigenvalue weighted by molar-refractivity contribution is 8.00. The summed E-state index contributed by atoms with van der Waals surface area (Å²) in [5.41, 5.74) is 1.27. The van der Waals surface area contributed by atoms with Gasteiger partial charge in [-0.05, 0) is 24.1 Å². The summed E-state index contributed by atoms with van der Waals surface area (Å²) >= 11 is 0.500. The van der Waals surface area contributed by atoms with Gasteiger partial charge in [0.1, 0.15) is 0 Å². The average Bonchev–Trinajstić information content (AvgIpc) is 2.36. The highest BCUT2D eigenvalue weighted by Crippen LogP contribution is 2.21. The standard InChI is InChI=1S/C13H14F3NO3S/c14-13(15,16)8-21-7-11(18)17-10-4-1-9(2-5-10)3-6-12(19)20/h1-2,4-5H,3,6-8H2,(H,17,18)(H,19,20). The number of carboxylic acid groups (broad SMARTS) is 1. The Morgan fingerprint density at radius 2 is 1.81 bits per heavy atom. The Balaban J connectivity index is 2.37. The van der Waals surface area contributed by atoms with E-state index in [1.807, 2.05) is 0 Å². The van der Waals surface area contributed by atoms with Crippen molar-refractivity contribution in [2.45, 2.75) is 19.0 Å². The molecule has 0 heterocycles. The summed E-state index contributed by atoms with van der Waals surface area (Å²) in [6.45, 7) is 0. The molecular formula is C13H14F3NO3S. The van der Waals surface area contributed by atoms with Crippen LogP contribution in [0.5, 0.6) is 0 Å². The highest BCUT2D eigenvalue weighted by Gasteiger charge is 2.27. The molecule has 0 unspecified atom stereocenters. The number of thioether (sulfide) groups is 1. The summed E-state index contributed by atoms with van der Waals surface area (Å²) in [6, 6.07) is 6.51. The Kier molecular flexibility index (Phi) is 6.54. The number of alkyl halides is 3. The van der Waals surface area contributed by atoms with Crippen molar-refractivity contribution >= 4 is 29.3 Å². The first-order valence-electron chi connectivity index (χ1n) is 6.01. The lowest BCUT2D eigenvalue weighted by atomic mass is 10.1. The van der Waals surface area contributed by atoms with Crippen LogP contribution >= 0.6 is 11.8 Å². The van der Waals surface area contributed by atoms with Crippen LogP contribution in [0.4, 0.5) is 18.9 Å². The molecule has 0 radical (unpaired) electrons. The first-order valence-corrected chi connectivity index (χ1v) is 7.17. The van der Waals surface area contributed by atoms with Crippen LogP contribution in [0.2, 0.25) is 0 Å². The maximum Gasteiger partial charge on any atom is 0.397 e. The van der Waals surface area contributed by atoms with Gasteiger partial charge < -0.3 is 10.4 Å². The van der Waals surface area contributed by atoms with E-state index >= 15 is 0 Å². The Hall–Kier alpha value is -1.70. The molecule has 2 N–H and O–H groups in total. The van der Waals surface area contributed by atoms with Crippen molar-refractivity contribution in [1.82, 2.24) is 0 Å². The molecule has 0 aliphatic rings. The largest absolute Gasteiger partial charge is 0.481 e. The van der Waals surface area contributed by atoms with Gasteiger partial charge in [-0.15, -0.1) is 11.8 Å². The van der Waals surface area contributed by atoms with Crippen molar-refractivity contribution in [2.24, 2.45) is 0 Å². The quantitative estimate of drug-likeness (QED) is 0.810. The van der Waals surface area contributed by atoms with Crippen LogP contribution in [0, 0.1) is 0 Å². The second-order valence-electron chi connectivity index (χ2n) is 4.25. The van der Waals surface area contributed by atoms with Crippen molar-refractivity contribution in [3.05, 3.63) is 29.8 Å². The van der Waals surface area contributed by atoms with Crippen LogP contribution in [0.3, 0.4) is 0 Å². The number of nitrogens with one attached hydrogen (secondary N) is 1. The summed E-state index contributed by atoms with van der Waals surface area (Å²) in [5, 5.41) is 11.0. The third-order valence-electron chi connectivity index (χ3n) is 2.36. The summed E-state index contributed by atoms with van der Waals surface area (Å²) in [5.74, 6) is -2.74. The van der Waals surface area contributed by atoms with Gasteiger partial charge in [-0.3, -0.25) is 9.59 Å². The first-order chi connectivity index (χ1) is 9.76. The molecule has 0 saturated heterocycles. The average molecular weight is 321 g/mol. The van der Waals surface area contributed by atoms with Gasteiger partial charge in [-0.2, -0.15) is 13.2 Å². The molecule has 1 aromatic rings. The molecule has 0 atom stereocenters. The number of aliphatic carboxylic acids is 1. The molecule has 0 spiro atoms. The smallest absolute Gasteiger partial charge is 0.397 e. The van der Waals surface area contributed by atoms with E-state index in [4.69, 9.17) is 5.11 Å². The minimum Gasteiger partial charge on any atom is -0.481 e. The van der Waals surface area contributed by atoms with Crippen LogP contribution < -0.4 is 5.32 Å². The molecule has 4 nitrogen and oxygen atoms in total. The zero-order valence-corrected chi connectivity index (χ0v) is 11.8. The first kappa shape index (κ1) is 17.4. The van der Waals surface area contributed by atoms with E-state index in [1.165, 1.54) is 0 Å². The molecule has 0 aliphatic carbocycles. The molecule has 8 heteroatoms. The van der Waals surface area contributed by atoms with Gasteiger partial charge >= 0.3 is 12.1 Å². The molecule has 0 aliphatic heterocycles. The predicted octanol–water partition coefficient (Wildman–Crippen LogP) is 2.94. The minimum absolute atomic E-state index is 0.0137. The topological polar surface area (TPSA) is 66.4 Å². The third kappa shape index (κ3) is 8.23. The summed E-state index contributed by atoms with van der Waals surface area (Å²) < 4.78 is 35.7. The number of carbonyl (C=O) groups excluding carboxylic acids is 1. The summed E-state index contributed by atoms with van der Waals surface area (Å²) in [7, 11) is 0. The van der Waals surface area contributed by atoms with Crippen LogP contribution in [0.25, 0.3) is 0 Å². The number of halogens is 3. The summed E-state index contributed by atoms with van der Waals surface area (Å²) in [6.07, 6.45) is -3.89. The molecule has 1 amide bonds. The molecule has 1 rings (SSSR count). The van der Waals surface area contributed by atoms with Gasteiger partial charge in [0, 0.05) is 12.1 Å². The van der Waals surface area contributed by atoms with E-state index in [0.29, 0.717) is 23.9 Å². The Labute approximate surface area is 123 Å². The van der Waals surface area contributed by atoms with E-state index in [0.717, 1.165) is 5.56 Å². The van der Waals surface area contributed by atoms with Crippen molar-refractivity contribution in [2.75, 3.05) is 16.8 Å². The van der Waals surface area contributed by atoms with Crippen LogP contribution in [0.1, 0.15) is 12.0 Å². The Bertz CT molecular complexity index is 488. The Morgan fingerprint density at radius 3 is 2.33 bits per heavy atom. The fraction of sp³-hybridized carbons (Fsp3) is 0.385. The number of carbonyl (C=O) groups is 2. The van der Waals surface area contributed by atoms with Crippen molar-refractivity contribution < 1.29 is 27.9 Å². The molecular weight excluding hydrogens is 307 g/mol. The highest BCUT2D eigenvalue weighted by atomic mass is 32.2. The molecule has 0 bridgehead atoms. The van der Waals surface area contributed by atoms with Crippen LogP contribution in [0.15, 0.2) is 24.3 Å². The third-order valence-corrected chi connectivity index (χ3v) is 3.36. The van der Waals surface area contributed by atoms with Gasteiger partial charge in [-0.1, -0.05) is 12.1 Å². The zero-order valence-electron chi connectivity index (χ0n) is 10.9.